The van der Waals surface area contributed by atoms with Gasteiger partial charge in [0.05, 0.1) is 6.54 Å². The van der Waals surface area contributed by atoms with Crippen molar-refractivity contribution in [2.24, 2.45) is 0 Å². The largest absolute Gasteiger partial charge is 0.478 e. The molecule has 0 unspecified atom stereocenters. The minimum Gasteiger partial charge on any atom is -0.478 e. The molecule has 2 rings (SSSR count). The van der Waals surface area contributed by atoms with E-state index < -0.39 is 17.5 Å². The van der Waals surface area contributed by atoms with Crippen LogP contribution in [0.4, 0.5) is 0 Å². The Labute approximate surface area is 133 Å². The standard InChI is InChI=1S/C18H17NO4/c20-16(11-12-17(21)22)19-13-18(23,14-7-3-1-4-8-14)15-9-5-2-6-10-15/h1-12,23H,13H2,(H,19,20)(H,21,22). The first kappa shape index (κ1) is 16.5. The van der Waals surface area contributed by atoms with Crippen LogP contribution in [-0.4, -0.2) is 28.6 Å². The number of carboxylic acids is 1. The van der Waals surface area contributed by atoms with Gasteiger partial charge in [0.1, 0.15) is 5.60 Å². The van der Waals surface area contributed by atoms with Gasteiger partial charge in [0.15, 0.2) is 0 Å². The van der Waals surface area contributed by atoms with E-state index in [1.807, 2.05) is 12.1 Å². The van der Waals surface area contributed by atoms with Crippen molar-refractivity contribution in [2.45, 2.75) is 5.60 Å². The van der Waals surface area contributed by atoms with Gasteiger partial charge in [-0.2, -0.15) is 0 Å². The summed E-state index contributed by atoms with van der Waals surface area (Å²) >= 11 is 0. The van der Waals surface area contributed by atoms with Crippen molar-refractivity contribution in [1.82, 2.24) is 5.32 Å². The lowest BCUT2D eigenvalue weighted by atomic mass is 9.86. The minimum atomic E-state index is -1.41. The third-order valence-corrected chi connectivity index (χ3v) is 3.40. The fourth-order valence-electron chi connectivity index (χ4n) is 2.22. The average Bonchev–Trinajstić information content (AvgIpc) is 2.59. The van der Waals surface area contributed by atoms with E-state index in [-0.39, 0.29) is 6.54 Å². The van der Waals surface area contributed by atoms with Crippen LogP contribution in [0.25, 0.3) is 0 Å². The van der Waals surface area contributed by atoms with Gasteiger partial charge in [-0.25, -0.2) is 4.79 Å². The highest BCUT2D eigenvalue weighted by Gasteiger charge is 2.31. The average molecular weight is 311 g/mol. The lowest BCUT2D eigenvalue weighted by Gasteiger charge is -2.29. The van der Waals surface area contributed by atoms with Crippen molar-refractivity contribution in [2.75, 3.05) is 6.54 Å². The van der Waals surface area contributed by atoms with Crippen LogP contribution in [0.5, 0.6) is 0 Å². The Hall–Kier alpha value is -2.92. The number of hydrogen-bond acceptors (Lipinski definition) is 3. The summed E-state index contributed by atoms with van der Waals surface area (Å²) in [6.07, 6.45) is 1.66. The van der Waals surface area contributed by atoms with Gasteiger partial charge in [0.2, 0.25) is 5.91 Å². The number of rotatable bonds is 6. The molecule has 0 heterocycles. The predicted octanol–water partition coefficient (Wildman–Crippen LogP) is 1.68. The maximum atomic E-state index is 11.7. The molecule has 1 amide bonds. The molecule has 0 aliphatic carbocycles. The van der Waals surface area contributed by atoms with Crippen molar-refractivity contribution < 1.29 is 19.8 Å². The van der Waals surface area contributed by atoms with Gasteiger partial charge >= 0.3 is 5.97 Å². The fraction of sp³-hybridized carbons (Fsp3) is 0.111. The first-order valence-electron chi connectivity index (χ1n) is 7.04. The van der Waals surface area contributed by atoms with E-state index in [4.69, 9.17) is 5.11 Å². The second kappa shape index (κ2) is 7.38. The number of carbonyl (C=O) groups excluding carboxylic acids is 1. The van der Waals surface area contributed by atoms with Crippen molar-refractivity contribution in [3.8, 4) is 0 Å². The molecule has 0 aliphatic rings. The van der Waals surface area contributed by atoms with Crippen LogP contribution >= 0.6 is 0 Å². The van der Waals surface area contributed by atoms with E-state index in [1.54, 1.807) is 48.5 Å². The SMILES string of the molecule is O=C(O)C=CC(=O)NCC(O)(c1ccccc1)c1ccccc1. The molecule has 118 valence electrons. The molecule has 3 N–H and O–H groups in total. The molecule has 5 heteroatoms. The van der Waals surface area contributed by atoms with E-state index >= 15 is 0 Å². The van der Waals surface area contributed by atoms with Crippen LogP contribution < -0.4 is 5.32 Å². The molecule has 23 heavy (non-hydrogen) atoms. The highest BCUT2D eigenvalue weighted by Crippen LogP contribution is 2.28. The monoisotopic (exact) mass is 311 g/mol. The number of nitrogens with one attached hydrogen (secondary N) is 1. The Kier molecular flexibility index (Phi) is 5.28. The third kappa shape index (κ3) is 4.28. The Bertz CT molecular complexity index is 656. The highest BCUT2D eigenvalue weighted by atomic mass is 16.4. The van der Waals surface area contributed by atoms with Gasteiger partial charge in [-0.3, -0.25) is 4.79 Å². The van der Waals surface area contributed by atoms with Crippen LogP contribution in [0.1, 0.15) is 11.1 Å². The molecule has 2 aromatic rings. The molecule has 0 atom stereocenters. The lowest BCUT2D eigenvalue weighted by molar-refractivity contribution is -0.131. The van der Waals surface area contributed by atoms with Gasteiger partial charge in [0.25, 0.3) is 0 Å². The summed E-state index contributed by atoms with van der Waals surface area (Å²) in [5.74, 6) is -1.79. The maximum Gasteiger partial charge on any atom is 0.328 e. The number of aliphatic hydroxyl groups is 1. The first-order valence-corrected chi connectivity index (χ1v) is 7.04. The van der Waals surface area contributed by atoms with E-state index in [0.717, 1.165) is 12.2 Å². The molecule has 5 nitrogen and oxygen atoms in total. The molecule has 0 saturated carbocycles. The quantitative estimate of drug-likeness (QED) is 0.708. The summed E-state index contributed by atoms with van der Waals surface area (Å²) in [7, 11) is 0. The topological polar surface area (TPSA) is 86.6 Å². The number of amides is 1. The summed E-state index contributed by atoms with van der Waals surface area (Å²) in [6, 6.07) is 18.0. The zero-order valence-electron chi connectivity index (χ0n) is 12.3. The molecule has 0 aliphatic heterocycles. The number of aliphatic carboxylic acids is 1. The summed E-state index contributed by atoms with van der Waals surface area (Å²) in [4.78, 5) is 22.1. The normalized spacial score (nSPS) is 11.3. The molecular formula is C18H17NO4. The summed E-state index contributed by atoms with van der Waals surface area (Å²) in [5, 5.41) is 22.2. The summed E-state index contributed by atoms with van der Waals surface area (Å²) < 4.78 is 0. The van der Waals surface area contributed by atoms with Crippen molar-refractivity contribution in [1.29, 1.82) is 0 Å². The van der Waals surface area contributed by atoms with Crippen LogP contribution in [0.3, 0.4) is 0 Å². The van der Waals surface area contributed by atoms with Gasteiger partial charge in [0, 0.05) is 12.2 Å². The Morgan fingerprint density at radius 1 is 0.913 bits per heavy atom. The van der Waals surface area contributed by atoms with E-state index in [9.17, 15) is 14.7 Å². The van der Waals surface area contributed by atoms with E-state index in [0.29, 0.717) is 11.1 Å². The van der Waals surface area contributed by atoms with Crippen LogP contribution in [0, 0.1) is 0 Å². The first-order chi connectivity index (χ1) is 11.0. The summed E-state index contributed by atoms with van der Waals surface area (Å²) in [6.45, 7) is -0.0795. The molecule has 0 radical (unpaired) electrons. The number of benzene rings is 2. The Morgan fingerprint density at radius 3 is 1.83 bits per heavy atom. The Balaban J connectivity index is 2.25. The third-order valence-electron chi connectivity index (χ3n) is 3.40. The lowest BCUT2D eigenvalue weighted by Crippen LogP contribution is -2.41. The van der Waals surface area contributed by atoms with Gasteiger partial charge in [-0.1, -0.05) is 60.7 Å². The van der Waals surface area contributed by atoms with Crippen molar-refractivity contribution in [3.05, 3.63) is 83.9 Å². The zero-order valence-corrected chi connectivity index (χ0v) is 12.3. The zero-order chi connectivity index (χ0) is 16.7. The Morgan fingerprint density at radius 2 is 1.39 bits per heavy atom. The number of carboxylic acid groups (broad SMARTS) is 1. The summed E-state index contributed by atoms with van der Waals surface area (Å²) in [5.41, 5.74) is -0.141. The molecule has 0 saturated heterocycles. The molecule has 0 aromatic heterocycles. The van der Waals surface area contributed by atoms with Gasteiger partial charge in [-0.15, -0.1) is 0 Å². The number of carbonyl (C=O) groups is 2. The highest BCUT2D eigenvalue weighted by molar-refractivity contribution is 5.93. The van der Waals surface area contributed by atoms with Crippen LogP contribution in [-0.2, 0) is 15.2 Å². The van der Waals surface area contributed by atoms with E-state index in [2.05, 4.69) is 5.32 Å². The predicted molar refractivity (Wildman–Crippen MR) is 85.7 cm³/mol. The fourth-order valence-corrected chi connectivity index (χ4v) is 2.22. The molecule has 0 fully saturated rings. The molecule has 0 spiro atoms. The van der Waals surface area contributed by atoms with Crippen LogP contribution in [0.2, 0.25) is 0 Å². The second-order valence-electron chi connectivity index (χ2n) is 4.98. The van der Waals surface area contributed by atoms with Crippen LogP contribution in [0.15, 0.2) is 72.8 Å². The maximum absolute atomic E-state index is 11.7. The van der Waals surface area contributed by atoms with Gasteiger partial charge < -0.3 is 15.5 Å². The second-order valence-corrected chi connectivity index (χ2v) is 4.98. The molecule has 2 aromatic carbocycles. The van der Waals surface area contributed by atoms with E-state index in [1.165, 1.54) is 0 Å². The van der Waals surface area contributed by atoms with Crippen molar-refractivity contribution in [3.63, 3.8) is 0 Å². The van der Waals surface area contributed by atoms with Crippen molar-refractivity contribution >= 4 is 11.9 Å². The molecule has 0 bridgehead atoms. The molecular weight excluding hydrogens is 294 g/mol. The van der Waals surface area contributed by atoms with Gasteiger partial charge in [-0.05, 0) is 11.1 Å². The smallest absolute Gasteiger partial charge is 0.328 e. The minimum absolute atomic E-state index is 0.0795. The number of hydrogen-bond donors (Lipinski definition) is 3.